The van der Waals surface area contributed by atoms with Crippen molar-refractivity contribution in [3.8, 4) is 11.5 Å². The number of phenolic OH excluding ortho intramolecular Hbond substituents is 1. The van der Waals surface area contributed by atoms with Crippen molar-refractivity contribution in [2.24, 2.45) is 0 Å². The van der Waals surface area contributed by atoms with Crippen molar-refractivity contribution in [3.63, 3.8) is 0 Å². The third-order valence-electron chi connectivity index (χ3n) is 3.17. The van der Waals surface area contributed by atoms with E-state index in [9.17, 15) is 5.11 Å². The summed E-state index contributed by atoms with van der Waals surface area (Å²) in [5, 5.41) is 12.9. The van der Waals surface area contributed by atoms with E-state index in [-0.39, 0.29) is 11.8 Å². The summed E-state index contributed by atoms with van der Waals surface area (Å²) in [6.07, 6.45) is 0.960. The molecular weight excluding hydrogens is 282 g/mol. The second-order valence-corrected chi connectivity index (χ2v) is 6.30. The Kier molecular flexibility index (Phi) is 3.64. The molecule has 2 heterocycles. The summed E-state index contributed by atoms with van der Waals surface area (Å²) in [5.74, 6) is 1.02. The van der Waals surface area contributed by atoms with Gasteiger partial charge in [0.2, 0.25) is 0 Å². The van der Waals surface area contributed by atoms with Crippen molar-refractivity contribution < 1.29 is 9.84 Å². The number of hydrogen-bond donors (Lipinski definition) is 2. The van der Waals surface area contributed by atoms with E-state index in [1.165, 1.54) is 4.88 Å². The zero-order valence-corrected chi connectivity index (χ0v) is 11.8. The molecular formula is C14H14ClNO2S. The van der Waals surface area contributed by atoms with Crippen LogP contribution in [0.15, 0.2) is 30.3 Å². The van der Waals surface area contributed by atoms with Crippen molar-refractivity contribution in [1.82, 2.24) is 5.32 Å². The van der Waals surface area contributed by atoms with Gasteiger partial charge in [0.25, 0.3) is 0 Å². The van der Waals surface area contributed by atoms with Crippen LogP contribution in [0.5, 0.6) is 11.5 Å². The number of rotatable bonds is 4. The molecule has 1 unspecified atom stereocenters. The van der Waals surface area contributed by atoms with Gasteiger partial charge in [-0.1, -0.05) is 11.6 Å². The van der Waals surface area contributed by atoms with Crippen LogP contribution in [0.4, 0.5) is 0 Å². The molecule has 19 heavy (non-hydrogen) atoms. The highest BCUT2D eigenvalue weighted by Crippen LogP contribution is 2.34. The van der Waals surface area contributed by atoms with Crippen molar-refractivity contribution >= 4 is 22.9 Å². The van der Waals surface area contributed by atoms with Crippen LogP contribution in [-0.4, -0.2) is 18.3 Å². The van der Waals surface area contributed by atoms with E-state index in [2.05, 4.69) is 11.4 Å². The minimum absolute atomic E-state index is 0.200. The van der Waals surface area contributed by atoms with Gasteiger partial charge in [0.1, 0.15) is 18.1 Å². The van der Waals surface area contributed by atoms with Crippen LogP contribution in [0, 0.1) is 0 Å². The second kappa shape index (κ2) is 5.41. The molecule has 1 aliphatic heterocycles. The maximum absolute atomic E-state index is 9.40. The number of ether oxygens (including phenoxy) is 1. The highest BCUT2D eigenvalue weighted by Gasteiger charge is 2.23. The van der Waals surface area contributed by atoms with E-state index in [0.29, 0.717) is 6.61 Å². The molecule has 0 amide bonds. The molecule has 1 aromatic carbocycles. The highest BCUT2D eigenvalue weighted by molar-refractivity contribution is 7.16. The molecule has 5 heteroatoms. The van der Waals surface area contributed by atoms with Crippen LogP contribution >= 0.6 is 22.9 Å². The number of phenols is 1. The maximum atomic E-state index is 9.40. The fourth-order valence-corrected chi connectivity index (χ4v) is 3.31. The van der Waals surface area contributed by atoms with Crippen molar-refractivity contribution in [2.45, 2.75) is 12.5 Å². The van der Waals surface area contributed by atoms with Crippen LogP contribution in [0.25, 0.3) is 0 Å². The van der Waals surface area contributed by atoms with Gasteiger partial charge in [-0.2, -0.15) is 0 Å². The molecule has 3 rings (SSSR count). The van der Waals surface area contributed by atoms with Gasteiger partial charge < -0.3 is 15.2 Å². The van der Waals surface area contributed by atoms with E-state index >= 15 is 0 Å². The SMILES string of the molecule is Oc1ccc2c(c1)OCC2NCCc1ccc(Cl)s1. The molecule has 0 saturated carbocycles. The summed E-state index contributed by atoms with van der Waals surface area (Å²) in [6, 6.07) is 9.46. The lowest BCUT2D eigenvalue weighted by molar-refractivity contribution is 0.311. The molecule has 0 aliphatic carbocycles. The molecule has 0 bridgehead atoms. The number of fused-ring (bicyclic) bond motifs is 1. The standard InChI is InChI=1S/C14H14ClNO2S/c15-14-4-2-10(19-14)5-6-16-12-8-18-13-7-9(17)1-3-11(12)13/h1-4,7,12,16-17H,5-6,8H2. The molecule has 0 saturated heterocycles. The minimum Gasteiger partial charge on any atom is -0.508 e. The predicted octanol–water partition coefficient (Wildman–Crippen LogP) is 3.37. The van der Waals surface area contributed by atoms with Gasteiger partial charge in [-0.3, -0.25) is 0 Å². The number of halogens is 1. The first-order valence-electron chi connectivity index (χ1n) is 6.16. The highest BCUT2D eigenvalue weighted by atomic mass is 35.5. The Balaban J connectivity index is 1.58. The average Bonchev–Trinajstić information content (AvgIpc) is 2.96. The Morgan fingerprint density at radius 1 is 1.37 bits per heavy atom. The first-order valence-corrected chi connectivity index (χ1v) is 7.35. The normalized spacial score (nSPS) is 17.2. The molecule has 0 spiro atoms. The Morgan fingerprint density at radius 2 is 2.26 bits per heavy atom. The van der Waals surface area contributed by atoms with Crippen LogP contribution in [0.3, 0.4) is 0 Å². The molecule has 1 aliphatic rings. The summed E-state index contributed by atoms with van der Waals surface area (Å²) in [4.78, 5) is 1.28. The van der Waals surface area contributed by atoms with Gasteiger partial charge in [-0.15, -0.1) is 11.3 Å². The van der Waals surface area contributed by atoms with E-state index in [0.717, 1.165) is 28.6 Å². The second-order valence-electron chi connectivity index (χ2n) is 4.50. The third-order valence-corrected chi connectivity index (χ3v) is 4.46. The van der Waals surface area contributed by atoms with Crippen molar-refractivity contribution in [3.05, 3.63) is 45.1 Å². The van der Waals surface area contributed by atoms with Crippen LogP contribution in [0.2, 0.25) is 4.34 Å². The number of hydrogen-bond acceptors (Lipinski definition) is 4. The first-order chi connectivity index (χ1) is 9.22. The lowest BCUT2D eigenvalue weighted by Gasteiger charge is -2.10. The molecule has 3 nitrogen and oxygen atoms in total. The third kappa shape index (κ3) is 2.86. The van der Waals surface area contributed by atoms with Gasteiger partial charge in [-0.05, 0) is 30.7 Å². The van der Waals surface area contributed by atoms with Crippen LogP contribution < -0.4 is 10.1 Å². The summed E-state index contributed by atoms with van der Waals surface area (Å²) < 4.78 is 6.39. The van der Waals surface area contributed by atoms with Gasteiger partial charge in [-0.25, -0.2) is 0 Å². The summed E-state index contributed by atoms with van der Waals surface area (Å²) in [5.41, 5.74) is 1.11. The molecule has 2 N–H and O–H groups in total. The Labute approximate surface area is 120 Å². The zero-order valence-electron chi connectivity index (χ0n) is 10.2. The smallest absolute Gasteiger partial charge is 0.127 e. The quantitative estimate of drug-likeness (QED) is 0.909. The predicted molar refractivity (Wildman–Crippen MR) is 77.4 cm³/mol. The zero-order chi connectivity index (χ0) is 13.2. The van der Waals surface area contributed by atoms with Crippen molar-refractivity contribution in [2.75, 3.05) is 13.2 Å². The van der Waals surface area contributed by atoms with E-state index in [1.54, 1.807) is 23.5 Å². The Hall–Kier alpha value is -1.23. The fraction of sp³-hybridized carbons (Fsp3) is 0.286. The Bertz CT molecular complexity index is 585. The number of benzene rings is 1. The van der Waals surface area contributed by atoms with E-state index in [1.807, 2.05) is 12.1 Å². The van der Waals surface area contributed by atoms with E-state index in [4.69, 9.17) is 16.3 Å². The molecule has 0 radical (unpaired) electrons. The lowest BCUT2D eigenvalue weighted by atomic mass is 10.1. The van der Waals surface area contributed by atoms with Gasteiger partial charge in [0.15, 0.2) is 0 Å². The number of thiophene rings is 1. The summed E-state index contributed by atoms with van der Waals surface area (Å²) >= 11 is 7.52. The summed E-state index contributed by atoms with van der Waals surface area (Å²) in [7, 11) is 0. The topological polar surface area (TPSA) is 41.5 Å². The largest absolute Gasteiger partial charge is 0.508 e. The monoisotopic (exact) mass is 295 g/mol. The van der Waals surface area contributed by atoms with Gasteiger partial charge in [0, 0.05) is 23.1 Å². The number of aromatic hydroxyl groups is 1. The summed E-state index contributed by atoms with van der Waals surface area (Å²) in [6.45, 7) is 1.50. The van der Waals surface area contributed by atoms with Gasteiger partial charge >= 0.3 is 0 Å². The molecule has 1 atom stereocenters. The minimum atomic E-state index is 0.200. The lowest BCUT2D eigenvalue weighted by Crippen LogP contribution is -2.24. The Morgan fingerprint density at radius 3 is 3.05 bits per heavy atom. The molecule has 1 aromatic heterocycles. The molecule has 2 aromatic rings. The first kappa shape index (κ1) is 12.8. The maximum Gasteiger partial charge on any atom is 0.127 e. The van der Waals surface area contributed by atoms with Crippen LogP contribution in [-0.2, 0) is 6.42 Å². The fourth-order valence-electron chi connectivity index (χ4n) is 2.22. The number of nitrogens with one attached hydrogen (secondary N) is 1. The molecule has 0 fully saturated rings. The van der Waals surface area contributed by atoms with Crippen LogP contribution in [0.1, 0.15) is 16.5 Å². The van der Waals surface area contributed by atoms with Crippen molar-refractivity contribution in [1.29, 1.82) is 0 Å². The average molecular weight is 296 g/mol. The van der Waals surface area contributed by atoms with E-state index < -0.39 is 0 Å². The molecule has 100 valence electrons. The van der Waals surface area contributed by atoms with Gasteiger partial charge in [0.05, 0.1) is 10.4 Å².